The molecule has 0 aliphatic carbocycles. The summed E-state index contributed by atoms with van der Waals surface area (Å²) in [4.78, 5) is 0. The summed E-state index contributed by atoms with van der Waals surface area (Å²) in [5.74, 6) is 5.62. The predicted octanol–water partition coefficient (Wildman–Crippen LogP) is -0.368. The van der Waals surface area contributed by atoms with Crippen molar-refractivity contribution in [2.24, 2.45) is 10.9 Å². The summed E-state index contributed by atoms with van der Waals surface area (Å²) in [6.45, 7) is 0.512. The molecule has 17 heavy (non-hydrogen) atoms. The second-order valence-corrected chi connectivity index (χ2v) is 5.16. The van der Waals surface area contributed by atoms with E-state index in [0.29, 0.717) is 6.54 Å². The molecular weight excluding hydrogens is 238 g/mol. The minimum Gasteiger partial charge on any atom is -0.320 e. The van der Waals surface area contributed by atoms with E-state index < -0.39 is 10.2 Å². The van der Waals surface area contributed by atoms with E-state index in [-0.39, 0.29) is 6.54 Å². The Kier molecular flexibility index (Phi) is 4.66. The highest BCUT2D eigenvalue weighted by molar-refractivity contribution is 7.86. The van der Waals surface area contributed by atoms with Crippen LogP contribution >= 0.6 is 0 Å². The van der Waals surface area contributed by atoms with Crippen molar-refractivity contribution in [3.63, 3.8) is 0 Å². The minimum absolute atomic E-state index is 0.219. The van der Waals surface area contributed by atoms with E-state index in [9.17, 15) is 8.42 Å². The molecule has 1 rings (SSSR count). The summed E-state index contributed by atoms with van der Waals surface area (Å²) in [5, 5.41) is 5.00. The zero-order valence-electron chi connectivity index (χ0n) is 9.55. The molecular formula is C11H15N3O2S. The third-order valence-corrected chi connectivity index (χ3v) is 3.10. The van der Waals surface area contributed by atoms with Gasteiger partial charge in [0.15, 0.2) is 0 Å². The second kappa shape index (κ2) is 5.80. The van der Waals surface area contributed by atoms with E-state index in [1.165, 1.54) is 7.05 Å². The first-order chi connectivity index (χ1) is 7.93. The van der Waals surface area contributed by atoms with E-state index in [4.69, 9.17) is 10.9 Å². The zero-order chi connectivity index (χ0) is 12.9. The lowest BCUT2D eigenvalue weighted by atomic mass is 10.1. The van der Waals surface area contributed by atoms with Crippen molar-refractivity contribution in [3.8, 4) is 11.8 Å². The average molecular weight is 253 g/mol. The summed E-state index contributed by atoms with van der Waals surface area (Å²) in [7, 11) is -2.23. The first-order valence-corrected chi connectivity index (χ1v) is 6.45. The molecule has 0 saturated carbocycles. The monoisotopic (exact) mass is 253 g/mol. The molecule has 1 aromatic carbocycles. The smallest absolute Gasteiger partial charge is 0.276 e. The quantitative estimate of drug-likeness (QED) is 0.720. The van der Waals surface area contributed by atoms with Gasteiger partial charge in [-0.05, 0) is 17.7 Å². The topological polar surface area (TPSA) is 89.4 Å². The average Bonchev–Trinajstić information content (AvgIpc) is 2.25. The molecule has 0 aliphatic heterocycles. The predicted molar refractivity (Wildman–Crippen MR) is 66.9 cm³/mol. The molecule has 0 unspecified atom stereocenters. The van der Waals surface area contributed by atoms with Crippen molar-refractivity contribution in [2.75, 3.05) is 13.6 Å². The van der Waals surface area contributed by atoms with Gasteiger partial charge in [0.2, 0.25) is 0 Å². The number of benzene rings is 1. The fourth-order valence-electron chi connectivity index (χ4n) is 1.25. The summed E-state index contributed by atoms with van der Waals surface area (Å²) in [6, 6.07) is 7.27. The molecule has 0 spiro atoms. The van der Waals surface area contributed by atoms with Crippen LogP contribution in [0.25, 0.3) is 0 Å². The van der Waals surface area contributed by atoms with Crippen LogP contribution in [0.1, 0.15) is 11.1 Å². The van der Waals surface area contributed by atoms with Crippen LogP contribution in [0.3, 0.4) is 0 Å². The maximum Gasteiger partial charge on any atom is 0.276 e. The Labute approximate surface area is 102 Å². The molecule has 0 heterocycles. The lowest BCUT2D eigenvalue weighted by molar-refractivity contribution is 0.468. The second-order valence-electron chi connectivity index (χ2n) is 3.51. The van der Waals surface area contributed by atoms with Crippen molar-refractivity contribution < 1.29 is 8.42 Å². The number of nitrogens with zero attached hydrogens (tertiary/aromatic N) is 1. The van der Waals surface area contributed by atoms with E-state index in [2.05, 4.69) is 11.8 Å². The molecule has 0 fully saturated rings. The first-order valence-electron chi connectivity index (χ1n) is 4.95. The third-order valence-electron chi connectivity index (χ3n) is 2.10. The number of nitrogens with two attached hydrogens (primary N) is 2. The Hall–Kier alpha value is -1.39. The molecule has 0 radical (unpaired) electrons. The summed E-state index contributed by atoms with van der Waals surface area (Å²) in [6.07, 6.45) is 0. The van der Waals surface area contributed by atoms with Gasteiger partial charge in [-0.2, -0.15) is 12.7 Å². The molecule has 0 atom stereocenters. The van der Waals surface area contributed by atoms with Gasteiger partial charge in [-0.1, -0.05) is 24.0 Å². The van der Waals surface area contributed by atoms with Crippen molar-refractivity contribution in [1.82, 2.24) is 4.31 Å². The third kappa shape index (κ3) is 4.54. The Morgan fingerprint density at radius 1 is 1.41 bits per heavy atom. The Bertz CT molecular complexity index is 543. The van der Waals surface area contributed by atoms with Crippen molar-refractivity contribution in [3.05, 3.63) is 35.4 Å². The fourth-order valence-corrected chi connectivity index (χ4v) is 1.58. The SMILES string of the molecule is CN(Cc1cccc(C#CCN)c1)S(N)(=O)=O. The molecule has 1 aromatic rings. The number of hydrogen-bond donors (Lipinski definition) is 2. The van der Waals surface area contributed by atoms with Gasteiger partial charge in [0, 0.05) is 19.2 Å². The molecule has 0 aromatic heterocycles. The van der Waals surface area contributed by atoms with E-state index in [1.807, 2.05) is 24.3 Å². The lowest BCUT2D eigenvalue weighted by Gasteiger charge is -2.13. The lowest BCUT2D eigenvalue weighted by Crippen LogP contribution is -2.32. The number of rotatable bonds is 3. The summed E-state index contributed by atoms with van der Waals surface area (Å²) < 4.78 is 23.2. The largest absolute Gasteiger partial charge is 0.320 e. The van der Waals surface area contributed by atoms with Crippen molar-refractivity contribution in [1.29, 1.82) is 0 Å². The number of hydrogen-bond acceptors (Lipinski definition) is 3. The highest BCUT2D eigenvalue weighted by atomic mass is 32.2. The van der Waals surface area contributed by atoms with E-state index >= 15 is 0 Å². The maximum atomic E-state index is 11.1. The van der Waals surface area contributed by atoms with Crippen molar-refractivity contribution >= 4 is 10.2 Å². The highest BCUT2D eigenvalue weighted by Crippen LogP contribution is 2.07. The van der Waals surface area contributed by atoms with Crippen LogP contribution in [0.5, 0.6) is 0 Å². The van der Waals surface area contributed by atoms with Crippen LogP contribution in [-0.2, 0) is 16.8 Å². The minimum atomic E-state index is -3.65. The molecule has 0 aliphatic rings. The standard InChI is InChI=1S/C11H15N3O2S/c1-14(17(13,15)16)9-11-5-2-4-10(8-11)6-3-7-12/h2,4-5,8H,7,9,12H2,1H3,(H2,13,15,16). The van der Waals surface area contributed by atoms with Gasteiger partial charge in [-0.25, -0.2) is 5.14 Å². The van der Waals surface area contributed by atoms with Crippen LogP contribution in [0.4, 0.5) is 0 Å². The highest BCUT2D eigenvalue weighted by Gasteiger charge is 2.11. The zero-order valence-corrected chi connectivity index (χ0v) is 10.4. The van der Waals surface area contributed by atoms with Crippen LogP contribution in [0.15, 0.2) is 24.3 Å². The van der Waals surface area contributed by atoms with Crippen molar-refractivity contribution in [2.45, 2.75) is 6.54 Å². The van der Waals surface area contributed by atoms with Crippen LogP contribution in [0.2, 0.25) is 0 Å². The molecule has 92 valence electrons. The van der Waals surface area contributed by atoms with Gasteiger partial charge < -0.3 is 5.73 Å². The summed E-state index contributed by atoms with van der Waals surface area (Å²) >= 11 is 0. The Morgan fingerprint density at radius 3 is 2.71 bits per heavy atom. The van der Waals surface area contributed by atoms with Gasteiger partial charge >= 0.3 is 0 Å². The molecule has 4 N–H and O–H groups in total. The van der Waals surface area contributed by atoms with Gasteiger partial charge in [-0.3, -0.25) is 0 Å². The van der Waals surface area contributed by atoms with Gasteiger partial charge in [-0.15, -0.1) is 0 Å². The van der Waals surface area contributed by atoms with Crippen LogP contribution in [0, 0.1) is 11.8 Å². The van der Waals surface area contributed by atoms with E-state index in [0.717, 1.165) is 15.4 Å². The maximum absolute atomic E-state index is 11.1. The Balaban J connectivity index is 2.86. The van der Waals surface area contributed by atoms with Crippen LogP contribution in [-0.4, -0.2) is 26.3 Å². The normalized spacial score (nSPS) is 11.1. The first kappa shape index (κ1) is 13.7. The molecule has 5 nitrogen and oxygen atoms in total. The van der Waals surface area contributed by atoms with Crippen LogP contribution < -0.4 is 10.9 Å². The molecule has 0 bridgehead atoms. The Morgan fingerprint density at radius 2 is 2.12 bits per heavy atom. The molecule has 0 amide bonds. The van der Waals surface area contributed by atoms with Gasteiger partial charge in [0.1, 0.15) is 0 Å². The van der Waals surface area contributed by atoms with E-state index in [1.54, 1.807) is 0 Å². The molecule has 0 saturated heterocycles. The van der Waals surface area contributed by atoms with Gasteiger partial charge in [0.05, 0.1) is 6.54 Å². The fraction of sp³-hybridized carbons (Fsp3) is 0.273. The molecule has 6 heteroatoms. The summed E-state index contributed by atoms with van der Waals surface area (Å²) in [5.41, 5.74) is 6.90. The van der Waals surface area contributed by atoms with Gasteiger partial charge in [0.25, 0.3) is 10.2 Å².